The van der Waals surface area contributed by atoms with Crippen molar-refractivity contribution in [1.29, 1.82) is 0 Å². The number of aliphatic hydroxyl groups excluding tert-OH is 1. The summed E-state index contributed by atoms with van der Waals surface area (Å²) in [5.41, 5.74) is 2.84. The summed E-state index contributed by atoms with van der Waals surface area (Å²) in [7, 11) is 1.51. The van der Waals surface area contributed by atoms with Crippen molar-refractivity contribution < 1.29 is 29.0 Å². The van der Waals surface area contributed by atoms with E-state index in [2.05, 4.69) is 0 Å². The zero-order chi connectivity index (χ0) is 23.4. The van der Waals surface area contributed by atoms with Gasteiger partial charge in [-0.3, -0.25) is 24.1 Å². The average molecular weight is 447 g/mol. The van der Waals surface area contributed by atoms with E-state index in [0.29, 0.717) is 34.5 Å². The Morgan fingerprint density at radius 3 is 2.61 bits per heavy atom. The van der Waals surface area contributed by atoms with Crippen LogP contribution in [0.25, 0.3) is 0 Å². The number of para-hydroxylation sites is 1. The van der Waals surface area contributed by atoms with E-state index in [9.17, 15) is 24.3 Å². The van der Waals surface area contributed by atoms with Crippen molar-refractivity contribution in [2.24, 2.45) is 17.8 Å². The summed E-state index contributed by atoms with van der Waals surface area (Å²) in [5, 5.41) is 9.26. The number of likely N-dealkylation sites (tertiary alicyclic amines) is 1. The predicted octanol–water partition coefficient (Wildman–Crippen LogP) is 2.12. The number of benzene rings is 1. The molecule has 7 nitrogen and oxygen atoms in total. The molecule has 0 aromatic heterocycles. The number of imide groups is 1. The number of aliphatic hydroxyl groups is 1. The highest BCUT2D eigenvalue weighted by Gasteiger charge is 2.55. The average Bonchev–Trinajstić information content (AvgIpc) is 3.04. The summed E-state index contributed by atoms with van der Waals surface area (Å²) in [6.45, 7) is 1.56. The highest BCUT2D eigenvalue weighted by molar-refractivity contribution is 6.23. The molecule has 1 aromatic carbocycles. The van der Waals surface area contributed by atoms with Crippen LogP contribution in [0.3, 0.4) is 0 Å². The van der Waals surface area contributed by atoms with Crippen molar-refractivity contribution in [2.75, 3.05) is 20.3 Å². The maximum atomic E-state index is 13.2. The Hall–Kier alpha value is -3.32. The molecule has 7 heteroatoms. The molecule has 0 radical (unpaired) electrons. The van der Waals surface area contributed by atoms with Crippen LogP contribution in [-0.2, 0) is 19.2 Å². The molecule has 1 aromatic rings. The quantitative estimate of drug-likeness (QED) is 0.431. The molecule has 5 rings (SSSR count). The molecule has 4 atom stereocenters. The summed E-state index contributed by atoms with van der Waals surface area (Å²) in [5.74, 6) is -2.17. The van der Waals surface area contributed by atoms with Crippen LogP contribution in [0, 0.1) is 17.8 Å². The molecule has 1 aliphatic heterocycles. The van der Waals surface area contributed by atoms with Crippen molar-refractivity contribution in [2.45, 2.75) is 25.7 Å². The standard InChI is InChI=1S/C26H25NO6/c1-13-11-19(29)23-18(24(13)30)12-17-14(7-8-16-22(17)26(32)27(2)25(16)31)21(23)15-5-3-4-6-20(15)33-10-9-28/h3-7,11,16-17,21-22,28H,8-10,12H2,1-2H3. The Kier molecular flexibility index (Phi) is 5.16. The van der Waals surface area contributed by atoms with Crippen LogP contribution in [0.2, 0.25) is 0 Å². The zero-order valence-electron chi connectivity index (χ0n) is 18.5. The number of nitrogens with zero attached hydrogens (tertiary/aromatic N) is 1. The Morgan fingerprint density at radius 2 is 1.85 bits per heavy atom. The number of amides is 2. The molecule has 4 unspecified atom stereocenters. The molecule has 170 valence electrons. The second-order valence-electron chi connectivity index (χ2n) is 9.07. The number of hydrogen-bond donors (Lipinski definition) is 1. The van der Waals surface area contributed by atoms with Gasteiger partial charge in [-0.2, -0.15) is 0 Å². The van der Waals surface area contributed by atoms with E-state index >= 15 is 0 Å². The third-order valence-electron chi connectivity index (χ3n) is 7.36. The van der Waals surface area contributed by atoms with Gasteiger partial charge in [-0.15, -0.1) is 0 Å². The number of fused-ring (bicyclic) bond motifs is 3. The van der Waals surface area contributed by atoms with Gasteiger partial charge in [-0.05, 0) is 37.8 Å². The number of allylic oxidation sites excluding steroid dienone is 6. The molecule has 1 saturated heterocycles. The summed E-state index contributed by atoms with van der Waals surface area (Å²) < 4.78 is 5.78. The van der Waals surface area contributed by atoms with Gasteiger partial charge in [-0.25, -0.2) is 0 Å². The fraction of sp³-hybridized carbons (Fsp3) is 0.385. The maximum absolute atomic E-state index is 13.2. The number of carbonyl (C=O) groups is 4. The number of hydrogen-bond acceptors (Lipinski definition) is 6. The number of Topliss-reactive ketones (excluding diaryl/α,β-unsaturated/α-hetero) is 1. The largest absolute Gasteiger partial charge is 0.491 e. The minimum Gasteiger partial charge on any atom is -0.491 e. The lowest BCUT2D eigenvalue weighted by molar-refractivity contribution is -0.138. The molecule has 4 aliphatic rings. The lowest BCUT2D eigenvalue weighted by atomic mass is 9.59. The predicted molar refractivity (Wildman–Crippen MR) is 118 cm³/mol. The first-order chi connectivity index (χ1) is 15.8. The van der Waals surface area contributed by atoms with E-state index in [-0.39, 0.29) is 48.9 Å². The van der Waals surface area contributed by atoms with Crippen molar-refractivity contribution in [3.8, 4) is 5.75 Å². The first kappa shape index (κ1) is 21.5. The third-order valence-corrected chi connectivity index (χ3v) is 7.36. The van der Waals surface area contributed by atoms with Crippen LogP contribution in [0.4, 0.5) is 0 Å². The minimum absolute atomic E-state index is 0.0898. The second kappa shape index (κ2) is 7.92. The number of carbonyl (C=O) groups excluding carboxylic acids is 4. The molecule has 1 N–H and O–H groups in total. The van der Waals surface area contributed by atoms with E-state index < -0.39 is 17.8 Å². The van der Waals surface area contributed by atoms with Crippen molar-refractivity contribution in [3.63, 3.8) is 0 Å². The number of ketones is 2. The fourth-order valence-electron chi connectivity index (χ4n) is 5.90. The molecule has 1 heterocycles. The number of ether oxygens (including phenoxy) is 1. The smallest absolute Gasteiger partial charge is 0.233 e. The molecular formula is C26H25NO6. The number of rotatable bonds is 4. The van der Waals surface area contributed by atoms with Crippen molar-refractivity contribution in [1.82, 2.24) is 4.90 Å². The van der Waals surface area contributed by atoms with Gasteiger partial charge in [0.2, 0.25) is 11.8 Å². The van der Waals surface area contributed by atoms with Gasteiger partial charge in [0.1, 0.15) is 12.4 Å². The lowest BCUT2D eigenvalue weighted by Crippen LogP contribution is -2.39. The molecule has 1 fully saturated rings. The Labute approximate surface area is 191 Å². The SMILES string of the molecule is CC1=CC(=O)C2=C(CC3C(=CCC4C(=O)N(C)C(=O)C43)C2c2ccccc2OCCO)C1=O. The molecule has 2 amide bonds. The van der Waals surface area contributed by atoms with Crippen LogP contribution >= 0.6 is 0 Å². The zero-order valence-corrected chi connectivity index (χ0v) is 18.5. The Balaban J connectivity index is 1.71. The van der Waals surface area contributed by atoms with E-state index in [1.165, 1.54) is 18.0 Å². The summed E-state index contributed by atoms with van der Waals surface area (Å²) >= 11 is 0. The van der Waals surface area contributed by atoms with Gasteiger partial charge in [0.15, 0.2) is 11.6 Å². The van der Waals surface area contributed by atoms with Crippen LogP contribution in [0.1, 0.15) is 31.2 Å². The lowest BCUT2D eigenvalue weighted by Gasteiger charge is -2.42. The first-order valence-electron chi connectivity index (χ1n) is 11.2. The third kappa shape index (κ3) is 3.14. The van der Waals surface area contributed by atoms with E-state index in [1.807, 2.05) is 24.3 Å². The molecule has 3 aliphatic carbocycles. The first-order valence-corrected chi connectivity index (χ1v) is 11.2. The van der Waals surface area contributed by atoms with Crippen LogP contribution in [0.15, 0.2) is 58.7 Å². The molecule has 0 saturated carbocycles. The van der Waals surface area contributed by atoms with Crippen LogP contribution < -0.4 is 4.74 Å². The fourth-order valence-corrected chi connectivity index (χ4v) is 5.90. The monoisotopic (exact) mass is 447 g/mol. The van der Waals surface area contributed by atoms with E-state index in [4.69, 9.17) is 4.74 Å². The van der Waals surface area contributed by atoms with Gasteiger partial charge in [-0.1, -0.05) is 29.8 Å². The van der Waals surface area contributed by atoms with Gasteiger partial charge in [0.25, 0.3) is 0 Å². The van der Waals surface area contributed by atoms with E-state index in [1.54, 1.807) is 13.0 Å². The highest BCUT2D eigenvalue weighted by atomic mass is 16.5. The molecule has 0 bridgehead atoms. The summed E-state index contributed by atoms with van der Waals surface area (Å²) in [4.78, 5) is 53.4. The van der Waals surface area contributed by atoms with Crippen LogP contribution in [-0.4, -0.2) is 53.6 Å². The molecule has 33 heavy (non-hydrogen) atoms. The van der Waals surface area contributed by atoms with Gasteiger partial charge < -0.3 is 9.84 Å². The minimum atomic E-state index is -0.552. The van der Waals surface area contributed by atoms with Gasteiger partial charge in [0.05, 0.1) is 18.4 Å². The Morgan fingerprint density at radius 1 is 1.09 bits per heavy atom. The summed E-state index contributed by atoms with van der Waals surface area (Å²) in [6.07, 6.45) is 4.05. The highest BCUT2D eigenvalue weighted by Crippen LogP contribution is 2.55. The van der Waals surface area contributed by atoms with Crippen molar-refractivity contribution >= 4 is 23.4 Å². The van der Waals surface area contributed by atoms with Gasteiger partial charge >= 0.3 is 0 Å². The molecule has 0 spiro atoms. The van der Waals surface area contributed by atoms with E-state index in [0.717, 1.165) is 5.57 Å². The summed E-state index contributed by atoms with van der Waals surface area (Å²) in [6, 6.07) is 7.28. The van der Waals surface area contributed by atoms with Gasteiger partial charge in [0, 0.05) is 35.2 Å². The maximum Gasteiger partial charge on any atom is 0.233 e. The topological polar surface area (TPSA) is 101 Å². The normalized spacial score (nSPS) is 28.9. The molecular weight excluding hydrogens is 422 g/mol. The van der Waals surface area contributed by atoms with Crippen LogP contribution in [0.5, 0.6) is 5.75 Å². The Bertz CT molecular complexity index is 1190. The second-order valence-corrected chi connectivity index (χ2v) is 9.07. The van der Waals surface area contributed by atoms with Crippen molar-refractivity contribution in [3.05, 3.63) is 64.3 Å².